The van der Waals surface area contributed by atoms with E-state index in [4.69, 9.17) is 0 Å². The zero-order chi connectivity index (χ0) is 13.7. The van der Waals surface area contributed by atoms with Gasteiger partial charge in [0.05, 0.1) is 0 Å². The third-order valence-electron chi connectivity index (χ3n) is 3.56. The second-order valence-corrected chi connectivity index (χ2v) is 5.13. The van der Waals surface area contributed by atoms with E-state index in [2.05, 4.69) is 24.4 Å². The van der Waals surface area contributed by atoms with Gasteiger partial charge in [0.25, 0.3) is 0 Å². The Morgan fingerprint density at radius 3 is 3.11 bits per heavy atom. The van der Waals surface area contributed by atoms with Crippen LogP contribution in [-0.2, 0) is 4.79 Å². The van der Waals surface area contributed by atoms with Crippen molar-refractivity contribution in [1.29, 1.82) is 0 Å². The fraction of sp³-hybridized carbons (Fsp3) is 0.438. The molecule has 1 heterocycles. The van der Waals surface area contributed by atoms with Gasteiger partial charge in [-0.05, 0) is 38.5 Å². The first-order valence-corrected chi connectivity index (χ1v) is 6.90. The summed E-state index contributed by atoms with van der Waals surface area (Å²) in [7, 11) is 1.93. The van der Waals surface area contributed by atoms with E-state index in [0.29, 0.717) is 6.04 Å². The van der Waals surface area contributed by atoms with Crippen molar-refractivity contribution in [2.45, 2.75) is 25.8 Å². The fourth-order valence-corrected chi connectivity index (χ4v) is 2.61. The highest BCUT2D eigenvalue weighted by Crippen LogP contribution is 2.17. The maximum absolute atomic E-state index is 12.2. The summed E-state index contributed by atoms with van der Waals surface area (Å²) < 4.78 is 0. The van der Waals surface area contributed by atoms with E-state index in [1.807, 2.05) is 30.2 Å². The number of hydrogen-bond acceptors (Lipinski definition) is 2. The molecule has 1 atom stereocenters. The summed E-state index contributed by atoms with van der Waals surface area (Å²) in [5, 5.41) is 3.16. The summed E-state index contributed by atoms with van der Waals surface area (Å²) in [4.78, 5) is 14.2. The van der Waals surface area contributed by atoms with Crippen molar-refractivity contribution in [1.82, 2.24) is 10.2 Å². The number of carbonyl (C=O) groups is 1. The second kappa shape index (κ2) is 6.53. The Bertz CT molecular complexity index is 468. The summed E-state index contributed by atoms with van der Waals surface area (Å²) in [5.41, 5.74) is 2.29. The van der Waals surface area contributed by atoms with Crippen LogP contribution in [0.2, 0.25) is 0 Å². The Morgan fingerprint density at radius 2 is 2.37 bits per heavy atom. The molecule has 0 radical (unpaired) electrons. The van der Waals surface area contributed by atoms with Crippen LogP contribution < -0.4 is 5.32 Å². The third kappa shape index (κ3) is 3.67. The van der Waals surface area contributed by atoms with Crippen LogP contribution in [0, 0.1) is 6.92 Å². The minimum atomic E-state index is 0.124. The number of nitrogens with one attached hydrogen (secondary N) is 1. The van der Waals surface area contributed by atoms with Crippen LogP contribution in [0.5, 0.6) is 0 Å². The molecule has 19 heavy (non-hydrogen) atoms. The molecule has 0 aromatic heterocycles. The summed E-state index contributed by atoms with van der Waals surface area (Å²) in [6.07, 6.45) is 5.81. The average Bonchev–Trinajstić information content (AvgIpc) is 2.85. The first-order valence-electron chi connectivity index (χ1n) is 6.90. The Kier molecular flexibility index (Phi) is 4.74. The zero-order valence-electron chi connectivity index (χ0n) is 11.7. The number of aryl methyl sites for hydroxylation is 1. The smallest absolute Gasteiger partial charge is 0.246 e. The molecule has 3 heteroatoms. The molecule has 1 aromatic carbocycles. The highest BCUT2D eigenvalue weighted by Gasteiger charge is 2.26. The molecule has 1 N–H and O–H groups in total. The lowest BCUT2D eigenvalue weighted by atomic mass is 10.1. The van der Waals surface area contributed by atoms with Gasteiger partial charge in [-0.3, -0.25) is 4.79 Å². The largest absolute Gasteiger partial charge is 0.335 e. The van der Waals surface area contributed by atoms with Crippen molar-refractivity contribution >= 4 is 12.0 Å². The number of benzene rings is 1. The Hall–Kier alpha value is -1.61. The van der Waals surface area contributed by atoms with E-state index in [9.17, 15) is 4.79 Å². The molecule has 1 fully saturated rings. The first-order chi connectivity index (χ1) is 9.20. The molecule has 1 saturated heterocycles. The van der Waals surface area contributed by atoms with Crippen molar-refractivity contribution in [2.75, 3.05) is 20.1 Å². The van der Waals surface area contributed by atoms with Gasteiger partial charge >= 0.3 is 0 Å². The van der Waals surface area contributed by atoms with Gasteiger partial charge in [0, 0.05) is 25.2 Å². The standard InChI is InChI=1S/C16H22N2O/c1-13-5-3-6-14(11-13)8-9-16(19)18-10-4-7-15(18)12-17-2/h3,5-6,8-9,11,15,17H,4,7,10,12H2,1-2H3/b9-8+. The predicted molar refractivity (Wildman–Crippen MR) is 78.9 cm³/mol. The Balaban J connectivity index is 2.00. The van der Waals surface area contributed by atoms with Gasteiger partial charge in [-0.25, -0.2) is 0 Å². The van der Waals surface area contributed by atoms with Gasteiger partial charge in [0.1, 0.15) is 0 Å². The molecule has 0 saturated carbocycles. The lowest BCUT2D eigenvalue weighted by molar-refractivity contribution is -0.126. The molecular formula is C16H22N2O. The van der Waals surface area contributed by atoms with Crippen LogP contribution in [0.15, 0.2) is 30.3 Å². The monoisotopic (exact) mass is 258 g/mol. The van der Waals surface area contributed by atoms with Gasteiger partial charge in [-0.2, -0.15) is 0 Å². The molecule has 102 valence electrons. The number of nitrogens with zero attached hydrogens (tertiary/aromatic N) is 1. The van der Waals surface area contributed by atoms with Crippen LogP contribution in [-0.4, -0.2) is 37.0 Å². The van der Waals surface area contributed by atoms with E-state index in [1.54, 1.807) is 6.08 Å². The lowest BCUT2D eigenvalue weighted by Crippen LogP contribution is -2.39. The van der Waals surface area contributed by atoms with Crippen molar-refractivity contribution < 1.29 is 4.79 Å². The van der Waals surface area contributed by atoms with Crippen LogP contribution in [0.4, 0.5) is 0 Å². The molecule has 1 aromatic rings. The number of amides is 1. The maximum atomic E-state index is 12.2. The molecule has 0 spiro atoms. The Morgan fingerprint density at radius 1 is 1.53 bits per heavy atom. The third-order valence-corrected chi connectivity index (χ3v) is 3.56. The predicted octanol–water partition coefficient (Wildman–Crippen LogP) is 2.22. The molecule has 0 bridgehead atoms. The highest BCUT2D eigenvalue weighted by molar-refractivity contribution is 5.92. The van der Waals surface area contributed by atoms with Crippen molar-refractivity contribution in [2.24, 2.45) is 0 Å². The van der Waals surface area contributed by atoms with Crippen LogP contribution in [0.25, 0.3) is 6.08 Å². The molecule has 1 aliphatic heterocycles. The van der Waals surface area contributed by atoms with E-state index in [-0.39, 0.29) is 5.91 Å². The molecule has 2 rings (SSSR count). The van der Waals surface area contributed by atoms with Gasteiger partial charge in [0.2, 0.25) is 5.91 Å². The second-order valence-electron chi connectivity index (χ2n) is 5.13. The number of carbonyl (C=O) groups excluding carboxylic acids is 1. The number of rotatable bonds is 4. The fourth-order valence-electron chi connectivity index (χ4n) is 2.61. The van der Waals surface area contributed by atoms with E-state index in [1.165, 1.54) is 5.56 Å². The first kappa shape index (κ1) is 13.8. The van der Waals surface area contributed by atoms with Gasteiger partial charge in [0.15, 0.2) is 0 Å². The lowest BCUT2D eigenvalue weighted by Gasteiger charge is -2.23. The van der Waals surface area contributed by atoms with E-state index < -0.39 is 0 Å². The summed E-state index contributed by atoms with van der Waals surface area (Å²) in [6, 6.07) is 8.52. The molecule has 1 unspecified atom stereocenters. The molecule has 3 nitrogen and oxygen atoms in total. The molecule has 0 aliphatic carbocycles. The van der Waals surface area contributed by atoms with Crippen LogP contribution in [0.3, 0.4) is 0 Å². The topological polar surface area (TPSA) is 32.3 Å². The van der Waals surface area contributed by atoms with Gasteiger partial charge < -0.3 is 10.2 Å². The number of hydrogen-bond donors (Lipinski definition) is 1. The quantitative estimate of drug-likeness (QED) is 0.840. The van der Waals surface area contributed by atoms with Crippen molar-refractivity contribution in [3.63, 3.8) is 0 Å². The SMILES string of the molecule is CNCC1CCCN1C(=O)/C=C/c1cccc(C)c1. The van der Waals surface area contributed by atoms with Crippen LogP contribution in [0.1, 0.15) is 24.0 Å². The van der Waals surface area contributed by atoms with E-state index >= 15 is 0 Å². The average molecular weight is 258 g/mol. The minimum absolute atomic E-state index is 0.124. The number of likely N-dealkylation sites (tertiary alicyclic amines) is 1. The highest BCUT2D eigenvalue weighted by atomic mass is 16.2. The molecule has 1 aliphatic rings. The number of likely N-dealkylation sites (N-methyl/N-ethyl adjacent to an activating group) is 1. The molecule has 1 amide bonds. The van der Waals surface area contributed by atoms with Crippen molar-refractivity contribution in [3.05, 3.63) is 41.5 Å². The minimum Gasteiger partial charge on any atom is -0.335 e. The van der Waals surface area contributed by atoms with Crippen LogP contribution >= 0.6 is 0 Å². The molecular weight excluding hydrogens is 236 g/mol. The summed E-state index contributed by atoms with van der Waals surface area (Å²) in [6.45, 7) is 3.82. The van der Waals surface area contributed by atoms with E-state index in [0.717, 1.165) is 31.5 Å². The summed E-state index contributed by atoms with van der Waals surface area (Å²) in [5.74, 6) is 0.124. The van der Waals surface area contributed by atoms with Gasteiger partial charge in [-0.1, -0.05) is 29.8 Å². The maximum Gasteiger partial charge on any atom is 0.246 e. The van der Waals surface area contributed by atoms with Gasteiger partial charge in [-0.15, -0.1) is 0 Å². The zero-order valence-corrected chi connectivity index (χ0v) is 11.7. The summed E-state index contributed by atoms with van der Waals surface area (Å²) >= 11 is 0. The Labute approximate surface area is 115 Å². The van der Waals surface area contributed by atoms with Crippen molar-refractivity contribution in [3.8, 4) is 0 Å². The normalized spacial score (nSPS) is 19.3.